The van der Waals surface area contributed by atoms with E-state index in [1.54, 1.807) is 6.07 Å². The minimum Gasteiger partial charge on any atom is -0.335 e. The van der Waals surface area contributed by atoms with Gasteiger partial charge in [0.05, 0.1) is 5.69 Å². The van der Waals surface area contributed by atoms with E-state index < -0.39 is 0 Å². The van der Waals surface area contributed by atoms with Gasteiger partial charge in [-0.2, -0.15) is 0 Å². The van der Waals surface area contributed by atoms with E-state index in [2.05, 4.69) is 9.88 Å². The molecule has 0 N–H and O–H groups in total. The summed E-state index contributed by atoms with van der Waals surface area (Å²) >= 11 is 13.6. The van der Waals surface area contributed by atoms with E-state index in [-0.39, 0.29) is 5.91 Å². The number of carbonyl (C=O) groups is 1. The van der Waals surface area contributed by atoms with Gasteiger partial charge in [0.2, 0.25) is 0 Å². The Morgan fingerprint density at radius 3 is 2.33 bits per heavy atom. The number of halogens is 2. The van der Waals surface area contributed by atoms with Gasteiger partial charge in [-0.15, -0.1) is 11.3 Å². The number of piperazine rings is 1. The predicted molar refractivity (Wildman–Crippen MR) is 112 cm³/mol. The topological polar surface area (TPSA) is 36.4 Å². The predicted octanol–water partition coefficient (Wildman–Crippen LogP) is 5.13. The Labute approximate surface area is 174 Å². The SMILES string of the molecule is Cc1nc(-c2cc(Cl)cc(Cl)c2)sc1C(=O)N1CCN(C2CCCC2)CC1. The van der Waals surface area contributed by atoms with Crippen LogP contribution in [0.15, 0.2) is 18.2 Å². The third-order valence-electron chi connectivity index (χ3n) is 5.54. The lowest BCUT2D eigenvalue weighted by Crippen LogP contribution is -2.51. The van der Waals surface area contributed by atoms with Crippen LogP contribution in [-0.4, -0.2) is 52.9 Å². The first-order chi connectivity index (χ1) is 13.0. The number of aromatic nitrogens is 1. The van der Waals surface area contributed by atoms with E-state index in [4.69, 9.17) is 23.2 Å². The second kappa shape index (κ2) is 8.08. The zero-order valence-electron chi connectivity index (χ0n) is 15.4. The maximum absolute atomic E-state index is 13.1. The first-order valence-electron chi connectivity index (χ1n) is 9.48. The maximum atomic E-state index is 13.1. The molecule has 0 spiro atoms. The van der Waals surface area contributed by atoms with Gasteiger partial charge in [-0.25, -0.2) is 4.98 Å². The maximum Gasteiger partial charge on any atom is 0.265 e. The normalized spacial score (nSPS) is 19.0. The van der Waals surface area contributed by atoms with Crippen LogP contribution >= 0.6 is 34.5 Å². The van der Waals surface area contributed by atoms with Gasteiger partial charge in [0.1, 0.15) is 9.88 Å². The highest BCUT2D eigenvalue weighted by atomic mass is 35.5. The summed E-state index contributed by atoms with van der Waals surface area (Å²) in [6.45, 7) is 5.44. The molecule has 1 aromatic heterocycles. The molecular formula is C20H23Cl2N3OS. The molecule has 1 saturated heterocycles. The number of nitrogens with zero attached hydrogens (tertiary/aromatic N) is 3. The second-order valence-corrected chi connectivity index (χ2v) is 9.23. The first kappa shape index (κ1) is 19.2. The van der Waals surface area contributed by atoms with Gasteiger partial charge in [0, 0.05) is 47.8 Å². The molecule has 0 atom stereocenters. The minimum atomic E-state index is 0.0930. The van der Waals surface area contributed by atoms with Crippen molar-refractivity contribution in [2.24, 2.45) is 0 Å². The summed E-state index contributed by atoms with van der Waals surface area (Å²) in [5.41, 5.74) is 1.63. The smallest absolute Gasteiger partial charge is 0.265 e. The molecule has 2 aromatic rings. The Morgan fingerprint density at radius 1 is 1.07 bits per heavy atom. The summed E-state index contributed by atoms with van der Waals surface area (Å²) in [4.78, 5) is 22.9. The standard InChI is InChI=1S/C20H23Cl2N3OS/c1-13-18(27-19(23-13)14-10-15(21)12-16(22)11-14)20(26)25-8-6-24(7-9-25)17-4-2-3-5-17/h10-12,17H,2-9H2,1H3. The molecule has 1 saturated carbocycles. The highest BCUT2D eigenvalue weighted by molar-refractivity contribution is 7.17. The van der Waals surface area contributed by atoms with Crippen molar-refractivity contribution >= 4 is 40.4 Å². The Bertz CT molecular complexity index is 819. The van der Waals surface area contributed by atoms with E-state index >= 15 is 0 Å². The molecule has 4 nitrogen and oxygen atoms in total. The largest absolute Gasteiger partial charge is 0.335 e. The number of carbonyl (C=O) groups excluding carboxylic acids is 1. The van der Waals surface area contributed by atoms with Gasteiger partial charge in [-0.3, -0.25) is 9.69 Å². The fraction of sp³-hybridized carbons (Fsp3) is 0.500. The second-order valence-electron chi connectivity index (χ2n) is 7.36. The van der Waals surface area contributed by atoms with Crippen LogP contribution in [-0.2, 0) is 0 Å². The molecule has 1 aromatic carbocycles. The van der Waals surface area contributed by atoms with E-state index in [0.29, 0.717) is 10.0 Å². The molecule has 2 fully saturated rings. The van der Waals surface area contributed by atoms with Gasteiger partial charge in [-0.05, 0) is 38.0 Å². The lowest BCUT2D eigenvalue weighted by atomic mass is 10.1. The Hall–Kier alpha value is -1.14. The lowest BCUT2D eigenvalue weighted by molar-refractivity contribution is 0.0577. The highest BCUT2D eigenvalue weighted by Gasteiger charge is 2.29. The van der Waals surface area contributed by atoms with Gasteiger partial charge >= 0.3 is 0 Å². The molecule has 7 heteroatoms. The fourth-order valence-corrected chi connectivity index (χ4v) is 5.65. The molecular weight excluding hydrogens is 401 g/mol. The third-order valence-corrected chi connectivity index (χ3v) is 7.17. The third kappa shape index (κ3) is 4.16. The molecule has 1 amide bonds. The monoisotopic (exact) mass is 423 g/mol. The van der Waals surface area contributed by atoms with Crippen LogP contribution in [0.3, 0.4) is 0 Å². The van der Waals surface area contributed by atoms with Crippen LogP contribution in [0, 0.1) is 6.92 Å². The van der Waals surface area contributed by atoms with Gasteiger partial charge in [-0.1, -0.05) is 36.0 Å². The van der Waals surface area contributed by atoms with Crippen molar-refractivity contribution < 1.29 is 4.79 Å². The Balaban J connectivity index is 1.47. The molecule has 0 radical (unpaired) electrons. The van der Waals surface area contributed by atoms with Crippen molar-refractivity contribution in [3.63, 3.8) is 0 Å². The molecule has 0 unspecified atom stereocenters. The average Bonchev–Trinajstić information content (AvgIpc) is 3.30. The van der Waals surface area contributed by atoms with Crippen molar-refractivity contribution in [1.82, 2.24) is 14.8 Å². The summed E-state index contributed by atoms with van der Waals surface area (Å²) in [6.07, 6.45) is 5.32. The number of amides is 1. The summed E-state index contributed by atoms with van der Waals surface area (Å²) in [5.74, 6) is 0.0930. The first-order valence-corrected chi connectivity index (χ1v) is 11.1. The number of thiazole rings is 1. The van der Waals surface area contributed by atoms with Gasteiger partial charge in [0.15, 0.2) is 0 Å². The molecule has 2 aliphatic rings. The van der Waals surface area contributed by atoms with Crippen LogP contribution in [0.4, 0.5) is 0 Å². The van der Waals surface area contributed by atoms with Crippen molar-refractivity contribution in [1.29, 1.82) is 0 Å². The number of aryl methyl sites for hydroxylation is 1. The van der Waals surface area contributed by atoms with Crippen molar-refractivity contribution in [2.45, 2.75) is 38.6 Å². The Kier molecular flexibility index (Phi) is 5.74. The molecule has 27 heavy (non-hydrogen) atoms. The number of hydrogen-bond acceptors (Lipinski definition) is 4. The lowest BCUT2D eigenvalue weighted by Gasteiger charge is -2.37. The molecule has 1 aliphatic heterocycles. The van der Waals surface area contributed by atoms with Crippen molar-refractivity contribution in [3.05, 3.63) is 38.8 Å². The molecule has 0 bridgehead atoms. The quantitative estimate of drug-likeness (QED) is 0.686. The van der Waals surface area contributed by atoms with Crippen LogP contribution in [0.2, 0.25) is 10.0 Å². The van der Waals surface area contributed by atoms with Crippen LogP contribution < -0.4 is 0 Å². The number of benzene rings is 1. The van der Waals surface area contributed by atoms with Crippen LogP contribution in [0.5, 0.6) is 0 Å². The summed E-state index contributed by atoms with van der Waals surface area (Å²) in [7, 11) is 0. The number of rotatable bonds is 3. The van der Waals surface area contributed by atoms with E-state index in [0.717, 1.165) is 53.4 Å². The van der Waals surface area contributed by atoms with Crippen molar-refractivity contribution in [3.8, 4) is 10.6 Å². The zero-order chi connectivity index (χ0) is 19.0. The Morgan fingerprint density at radius 2 is 1.70 bits per heavy atom. The molecule has 4 rings (SSSR count). The van der Waals surface area contributed by atoms with E-state index in [1.807, 2.05) is 24.0 Å². The molecule has 2 heterocycles. The van der Waals surface area contributed by atoms with Crippen LogP contribution in [0.1, 0.15) is 41.0 Å². The number of hydrogen-bond donors (Lipinski definition) is 0. The fourth-order valence-electron chi connectivity index (χ4n) is 4.10. The van der Waals surface area contributed by atoms with Crippen LogP contribution in [0.25, 0.3) is 10.6 Å². The van der Waals surface area contributed by atoms with Gasteiger partial charge in [0.25, 0.3) is 5.91 Å². The minimum absolute atomic E-state index is 0.0930. The summed E-state index contributed by atoms with van der Waals surface area (Å²) < 4.78 is 0. The van der Waals surface area contributed by atoms with E-state index in [1.165, 1.54) is 37.0 Å². The average molecular weight is 424 g/mol. The zero-order valence-corrected chi connectivity index (χ0v) is 17.7. The van der Waals surface area contributed by atoms with Crippen molar-refractivity contribution in [2.75, 3.05) is 26.2 Å². The summed E-state index contributed by atoms with van der Waals surface area (Å²) in [6, 6.07) is 6.09. The molecule has 1 aliphatic carbocycles. The van der Waals surface area contributed by atoms with Gasteiger partial charge < -0.3 is 4.90 Å². The van der Waals surface area contributed by atoms with E-state index in [9.17, 15) is 4.79 Å². The highest BCUT2D eigenvalue weighted by Crippen LogP contribution is 2.33. The molecule has 144 valence electrons. The summed E-state index contributed by atoms with van der Waals surface area (Å²) in [5, 5.41) is 1.92.